The molecule has 0 spiro atoms. The average Bonchev–Trinajstić information content (AvgIpc) is 2.61. The van der Waals surface area contributed by atoms with E-state index in [1.54, 1.807) is 30.3 Å². The normalized spacial score (nSPS) is 11.5. The summed E-state index contributed by atoms with van der Waals surface area (Å²) in [7, 11) is 0. The second-order valence-corrected chi connectivity index (χ2v) is 5.55. The van der Waals surface area contributed by atoms with Crippen LogP contribution in [0.2, 0.25) is 0 Å². The van der Waals surface area contributed by atoms with Crippen LogP contribution in [0.4, 0.5) is 13.2 Å². The highest BCUT2D eigenvalue weighted by Gasteiger charge is 2.30. The molecular weight excluding hydrogens is 345 g/mol. The molecule has 0 atom stereocenters. The lowest BCUT2D eigenvalue weighted by atomic mass is 10.2. The third-order valence-corrected chi connectivity index (χ3v) is 3.45. The van der Waals surface area contributed by atoms with Crippen LogP contribution in [0.3, 0.4) is 0 Å². The summed E-state index contributed by atoms with van der Waals surface area (Å²) in [5.74, 6) is 0.386. The van der Waals surface area contributed by atoms with Crippen molar-refractivity contribution in [3.63, 3.8) is 0 Å². The molecule has 0 fully saturated rings. The van der Waals surface area contributed by atoms with E-state index in [1.807, 2.05) is 6.92 Å². The number of benzene rings is 2. The maximum Gasteiger partial charge on any atom is 0.416 e. The molecular formula is C20H19F3O3. The molecule has 2 aromatic rings. The summed E-state index contributed by atoms with van der Waals surface area (Å²) in [6.45, 7) is 2.41. The third-order valence-electron chi connectivity index (χ3n) is 3.45. The molecule has 0 N–H and O–H groups in total. The van der Waals surface area contributed by atoms with Crippen molar-refractivity contribution in [2.24, 2.45) is 0 Å². The number of esters is 1. The maximum absolute atomic E-state index is 12.5. The first kappa shape index (κ1) is 19.6. The Kier molecular flexibility index (Phi) is 6.83. The van der Waals surface area contributed by atoms with Crippen LogP contribution < -0.4 is 4.74 Å². The minimum Gasteiger partial charge on any atom is -0.463 e. The van der Waals surface area contributed by atoms with E-state index in [2.05, 4.69) is 0 Å². The predicted molar refractivity (Wildman–Crippen MR) is 92.9 cm³/mol. The molecule has 2 aromatic carbocycles. The van der Waals surface area contributed by atoms with E-state index in [9.17, 15) is 18.0 Å². The van der Waals surface area contributed by atoms with Gasteiger partial charge in [-0.1, -0.05) is 25.5 Å². The van der Waals surface area contributed by atoms with Crippen molar-refractivity contribution >= 4 is 12.0 Å². The fourth-order valence-corrected chi connectivity index (χ4v) is 2.02. The smallest absolute Gasteiger partial charge is 0.416 e. The fourth-order valence-electron chi connectivity index (χ4n) is 2.02. The topological polar surface area (TPSA) is 35.5 Å². The molecule has 0 unspecified atom stereocenters. The van der Waals surface area contributed by atoms with Crippen molar-refractivity contribution in [2.45, 2.75) is 25.9 Å². The van der Waals surface area contributed by atoms with Gasteiger partial charge in [0.05, 0.1) is 12.2 Å². The van der Waals surface area contributed by atoms with E-state index >= 15 is 0 Å². The van der Waals surface area contributed by atoms with Gasteiger partial charge in [0.25, 0.3) is 0 Å². The van der Waals surface area contributed by atoms with Crippen LogP contribution in [0.15, 0.2) is 54.6 Å². The molecule has 0 aliphatic carbocycles. The Morgan fingerprint density at radius 2 is 1.58 bits per heavy atom. The molecule has 26 heavy (non-hydrogen) atoms. The van der Waals surface area contributed by atoms with Crippen molar-refractivity contribution in [3.05, 3.63) is 65.7 Å². The first-order valence-corrected chi connectivity index (χ1v) is 8.18. The molecule has 0 saturated carbocycles. The number of hydrogen-bond acceptors (Lipinski definition) is 3. The number of unbranched alkanes of at least 4 members (excludes halogenated alkanes) is 1. The second-order valence-electron chi connectivity index (χ2n) is 5.55. The molecule has 0 amide bonds. The van der Waals surface area contributed by atoms with E-state index in [-0.39, 0.29) is 0 Å². The standard InChI is InChI=1S/C20H19F3O3/c1-2-3-14-25-19(24)13-6-15-4-9-17(10-5-15)26-18-11-7-16(8-12-18)20(21,22)23/h4-13H,2-3,14H2,1H3. The molecule has 0 heterocycles. The molecule has 0 radical (unpaired) electrons. The van der Waals surface area contributed by atoms with Crippen molar-refractivity contribution in [1.29, 1.82) is 0 Å². The summed E-state index contributed by atoms with van der Waals surface area (Å²) >= 11 is 0. The molecule has 138 valence electrons. The SMILES string of the molecule is CCCCOC(=O)C=Cc1ccc(Oc2ccc(C(F)(F)F)cc2)cc1. The number of halogens is 3. The number of rotatable bonds is 7. The van der Waals surface area contributed by atoms with Gasteiger partial charge in [-0.25, -0.2) is 4.79 Å². The quantitative estimate of drug-likeness (QED) is 0.351. The fraction of sp³-hybridized carbons (Fsp3) is 0.250. The second kappa shape index (κ2) is 9.08. The Morgan fingerprint density at radius 3 is 2.12 bits per heavy atom. The molecule has 0 aliphatic rings. The summed E-state index contributed by atoms with van der Waals surface area (Å²) in [4.78, 5) is 11.5. The van der Waals surface area contributed by atoms with Crippen LogP contribution in [0.1, 0.15) is 30.9 Å². The average molecular weight is 364 g/mol. The molecule has 0 aliphatic heterocycles. The lowest BCUT2D eigenvalue weighted by Gasteiger charge is -2.09. The molecule has 3 nitrogen and oxygen atoms in total. The Bertz CT molecular complexity index is 732. The third kappa shape index (κ3) is 6.27. The van der Waals surface area contributed by atoms with Gasteiger partial charge < -0.3 is 9.47 Å². The van der Waals surface area contributed by atoms with E-state index in [4.69, 9.17) is 9.47 Å². The molecule has 2 rings (SSSR count). The summed E-state index contributed by atoms with van der Waals surface area (Å²) in [5, 5.41) is 0. The van der Waals surface area contributed by atoms with Crippen LogP contribution in [0, 0.1) is 0 Å². The van der Waals surface area contributed by atoms with Gasteiger partial charge in [-0.2, -0.15) is 13.2 Å². The Morgan fingerprint density at radius 1 is 1.00 bits per heavy atom. The van der Waals surface area contributed by atoms with Gasteiger partial charge in [0.2, 0.25) is 0 Å². The van der Waals surface area contributed by atoms with Gasteiger partial charge in [0, 0.05) is 6.08 Å². The van der Waals surface area contributed by atoms with Crippen LogP contribution in [-0.4, -0.2) is 12.6 Å². The van der Waals surface area contributed by atoms with Gasteiger partial charge in [0.15, 0.2) is 0 Å². The number of carbonyl (C=O) groups excluding carboxylic acids is 1. The first-order valence-electron chi connectivity index (χ1n) is 8.18. The Hall–Kier alpha value is -2.76. The Balaban J connectivity index is 1.92. The molecule has 6 heteroatoms. The lowest BCUT2D eigenvalue weighted by molar-refractivity contribution is -0.138. The predicted octanol–water partition coefficient (Wildman–Crippen LogP) is 5.85. The van der Waals surface area contributed by atoms with Gasteiger partial charge in [-0.05, 0) is 54.5 Å². The molecule has 0 aromatic heterocycles. The highest BCUT2D eigenvalue weighted by molar-refractivity contribution is 5.87. The summed E-state index contributed by atoms with van der Waals surface area (Å²) < 4.78 is 48.1. The largest absolute Gasteiger partial charge is 0.463 e. The maximum atomic E-state index is 12.5. The van der Waals surface area contributed by atoms with Crippen LogP contribution >= 0.6 is 0 Å². The minimum absolute atomic E-state index is 0.306. The number of hydrogen-bond donors (Lipinski definition) is 0. The van der Waals surface area contributed by atoms with E-state index in [0.29, 0.717) is 18.1 Å². The highest BCUT2D eigenvalue weighted by atomic mass is 19.4. The van der Waals surface area contributed by atoms with Crippen LogP contribution in [-0.2, 0) is 15.7 Å². The molecule has 0 bridgehead atoms. The monoisotopic (exact) mass is 364 g/mol. The summed E-state index contributed by atoms with van der Waals surface area (Å²) in [6.07, 6.45) is 0.384. The van der Waals surface area contributed by atoms with Crippen molar-refractivity contribution in [1.82, 2.24) is 0 Å². The summed E-state index contributed by atoms with van der Waals surface area (Å²) in [6, 6.07) is 11.3. The zero-order valence-corrected chi connectivity index (χ0v) is 14.3. The zero-order chi connectivity index (χ0) is 19.0. The van der Waals surface area contributed by atoms with Crippen LogP contribution in [0.25, 0.3) is 6.08 Å². The van der Waals surface area contributed by atoms with E-state index in [0.717, 1.165) is 30.5 Å². The van der Waals surface area contributed by atoms with E-state index in [1.165, 1.54) is 18.2 Å². The lowest BCUT2D eigenvalue weighted by Crippen LogP contribution is -2.03. The first-order chi connectivity index (χ1) is 12.4. The van der Waals surface area contributed by atoms with Gasteiger partial charge in [0.1, 0.15) is 11.5 Å². The van der Waals surface area contributed by atoms with Crippen molar-refractivity contribution in [3.8, 4) is 11.5 Å². The molecule has 0 saturated heterocycles. The van der Waals surface area contributed by atoms with Gasteiger partial charge in [-0.15, -0.1) is 0 Å². The number of ether oxygens (including phenoxy) is 2. The number of alkyl halides is 3. The Labute approximate surface area is 150 Å². The minimum atomic E-state index is -4.37. The highest BCUT2D eigenvalue weighted by Crippen LogP contribution is 2.31. The van der Waals surface area contributed by atoms with Crippen molar-refractivity contribution in [2.75, 3.05) is 6.61 Å². The van der Waals surface area contributed by atoms with Crippen LogP contribution in [0.5, 0.6) is 11.5 Å². The van der Waals surface area contributed by atoms with Gasteiger partial charge >= 0.3 is 12.1 Å². The number of carbonyl (C=O) groups is 1. The zero-order valence-electron chi connectivity index (χ0n) is 14.3. The van der Waals surface area contributed by atoms with E-state index < -0.39 is 17.7 Å². The van der Waals surface area contributed by atoms with Gasteiger partial charge in [-0.3, -0.25) is 0 Å². The summed E-state index contributed by atoms with van der Waals surface area (Å²) in [5.41, 5.74) is 0.0494. The van der Waals surface area contributed by atoms with Crippen molar-refractivity contribution < 1.29 is 27.4 Å².